The van der Waals surface area contributed by atoms with Crippen molar-refractivity contribution in [2.75, 3.05) is 12.3 Å². The topological polar surface area (TPSA) is 94.2 Å². The van der Waals surface area contributed by atoms with Crippen molar-refractivity contribution in [3.63, 3.8) is 0 Å². The monoisotopic (exact) mass is 395 g/mol. The van der Waals surface area contributed by atoms with Crippen LogP contribution in [0.15, 0.2) is 47.3 Å². The second-order valence-electron chi connectivity index (χ2n) is 6.39. The molecule has 6 nitrogen and oxygen atoms in total. The van der Waals surface area contributed by atoms with Crippen LogP contribution in [0.25, 0.3) is 11.3 Å². The van der Waals surface area contributed by atoms with Gasteiger partial charge in [-0.3, -0.25) is 19.0 Å². The Kier molecular flexibility index (Phi) is 6.61. The van der Waals surface area contributed by atoms with Crippen LogP contribution >= 0.6 is 0 Å². The zero-order valence-corrected chi connectivity index (χ0v) is 15.1. The zero-order valence-electron chi connectivity index (χ0n) is 15.1. The number of carbonyl (C=O) groups is 2. The van der Waals surface area contributed by atoms with Crippen molar-refractivity contribution < 1.29 is 22.8 Å². The summed E-state index contributed by atoms with van der Waals surface area (Å²) in [5.74, 6) is -3.22. The summed E-state index contributed by atoms with van der Waals surface area (Å²) in [5.41, 5.74) is 6.14. The van der Waals surface area contributed by atoms with Gasteiger partial charge in [-0.15, -0.1) is 0 Å². The van der Waals surface area contributed by atoms with Crippen LogP contribution in [0.1, 0.15) is 13.3 Å². The summed E-state index contributed by atoms with van der Waals surface area (Å²) in [4.78, 5) is 36.2. The molecule has 0 bridgehead atoms. The molecule has 2 aromatic rings. The van der Waals surface area contributed by atoms with Crippen LogP contribution in [0.4, 0.5) is 18.9 Å². The van der Waals surface area contributed by atoms with Crippen molar-refractivity contribution in [1.82, 2.24) is 9.88 Å². The lowest BCUT2D eigenvalue weighted by molar-refractivity contribution is -0.173. The number of benzene rings is 1. The largest absolute Gasteiger partial charge is 0.394 e. The first-order valence-electron chi connectivity index (χ1n) is 8.49. The number of rotatable bonds is 7. The molecule has 150 valence electrons. The summed E-state index contributed by atoms with van der Waals surface area (Å²) >= 11 is 0. The summed E-state index contributed by atoms with van der Waals surface area (Å²) in [6, 6.07) is 11.9. The zero-order chi connectivity index (χ0) is 20.9. The molecule has 9 heteroatoms. The molecule has 2 rings (SSSR count). The summed E-state index contributed by atoms with van der Waals surface area (Å²) in [7, 11) is 0. The highest BCUT2D eigenvalue weighted by atomic mass is 19.4. The van der Waals surface area contributed by atoms with Gasteiger partial charge in [0.15, 0.2) is 5.78 Å². The van der Waals surface area contributed by atoms with Gasteiger partial charge in [-0.25, -0.2) is 0 Å². The quantitative estimate of drug-likeness (QED) is 0.753. The third-order valence-electron chi connectivity index (χ3n) is 4.15. The summed E-state index contributed by atoms with van der Waals surface area (Å²) < 4.78 is 38.6. The molecule has 0 aliphatic rings. The predicted octanol–water partition coefficient (Wildman–Crippen LogP) is 2.37. The number of carbonyl (C=O) groups excluding carboxylic acids is 2. The minimum absolute atomic E-state index is 0.0532. The van der Waals surface area contributed by atoms with Crippen LogP contribution in [0.5, 0.6) is 0 Å². The highest BCUT2D eigenvalue weighted by Gasteiger charge is 2.36. The fourth-order valence-corrected chi connectivity index (χ4v) is 2.54. The van der Waals surface area contributed by atoms with Gasteiger partial charge in [0, 0.05) is 6.42 Å². The number of hydrogen-bond acceptors (Lipinski definition) is 4. The smallest absolute Gasteiger partial charge is 0.391 e. The molecule has 1 atom stereocenters. The average molecular weight is 395 g/mol. The maximum atomic E-state index is 12.5. The number of nitrogen functional groups attached to an aromatic ring is 1. The number of alkyl halides is 3. The molecule has 28 heavy (non-hydrogen) atoms. The van der Waals surface area contributed by atoms with Crippen LogP contribution in [0, 0.1) is 5.92 Å². The van der Waals surface area contributed by atoms with E-state index in [1.165, 1.54) is 6.07 Å². The molecule has 1 amide bonds. The number of pyridine rings is 1. The van der Waals surface area contributed by atoms with E-state index in [9.17, 15) is 27.6 Å². The predicted molar refractivity (Wildman–Crippen MR) is 98.4 cm³/mol. The Morgan fingerprint density at radius 1 is 1.14 bits per heavy atom. The van der Waals surface area contributed by atoms with E-state index >= 15 is 0 Å². The SMILES string of the molecule is CC(CC(=O)CNC(=O)Cn1c(-c2ccccc2)ccc(N)c1=O)C(F)(F)F. The number of nitrogens with two attached hydrogens (primary N) is 1. The molecule has 0 saturated carbocycles. The molecule has 1 aromatic carbocycles. The Hall–Kier alpha value is -3.10. The lowest BCUT2D eigenvalue weighted by Crippen LogP contribution is -2.37. The van der Waals surface area contributed by atoms with E-state index in [-0.39, 0.29) is 5.69 Å². The maximum Gasteiger partial charge on any atom is 0.391 e. The number of ketones is 1. The third kappa shape index (κ3) is 5.45. The number of nitrogens with one attached hydrogen (secondary N) is 1. The van der Waals surface area contributed by atoms with Crippen molar-refractivity contribution in [2.45, 2.75) is 26.1 Å². The highest BCUT2D eigenvalue weighted by Crippen LogP contribution is 2.28. The second-order valence-corrected chi connectivity index (χ2v) is 6.39. The number of halogens is 3. The molecular formula is C19H20F3N3O3. The normalized spacial score (nSPS) is 12.4. The summed E-state index contributed by atoms with van der Waals surface area (Å²) in [6.07, 6.45) is -5.20. The minimum Gasteiger partial charge on any atom is -0.394 e. The fourth-order valence-electron chi connectivity index (χ4n) is 2.54. The number of aromatic nitrogens is 1. The van der Waals surface area contributed by atoms with Gasteiger partial charge in [0.2, 0.25) is 5.91 Å². The molecular weight excluding hydrogens is 375 g/mol. The van der Waals surface area contributed by atoms with E-state index in [0.717, 1.165) is 11.5 Å². The van der Waals surface area contributed by atoms with Gasteiger partial charge in [0.25, 0.3) is 5.56 Å². The first kappa shape index (κ1) is 21.2. The molecule has 0 aliphatic carbocycles. The van der Waals surface area contributed by atoms with Gasteiger partial charge in [-0.2, -0.15) is 13.2 Å². The standard InChI is InChI=1S/C19H20F3N3O3/c1-12(19(20,21)22)9-14(26)10-24-17(27)11-25-16(8-7-15(23)18(25)28)13-5-3-2-4-6-13/h2-8,12H,9-11,23H2,1H3,(H,24,27). The Balaban J connectivity index is 2.09. The molecule has 1 aromatic heterocycles. The van der Waals surface area contributed by atoms with E-state index in [1.807, 2.05) is 0 Å². The molecule has 0 aliphatic heterocycles. The van der Waals surface area contributed by atoms with Crippen LogP contribution in [-0.4, -0.2) is 29.0 Å². The molecule has 0 fully saturated rings. The van der Waals surface area contributed by atoms with Crippen molar-refractivity contribution in [1.29, 1.82) is 0 Å². The Morgan fingerprint density at radius 2 is 1.79 bits per heavy atom. The van der Waals surface area contributed by atoms with E-state index < -0.39 is 48.9 Å². The van der Waals surface area contributed by atoms with E-state index in [1.54, 1.807) is 36.4 Å². The second kappa shape index (κ2) is 8.73. The highest BCUT2D eigenvalue weighted by molar-refractivity contribution is 5.86. The van der Waals surface area contributed by atoms with Gasteiger partial charge >= 0.3 is 6.18 Å². The average Bonchev–Trinajstić information content (AvgIpc) is 2.64. The van der Waals surface area contributed by atoms with E-state index in [0.29, 0.717) is 11.3 Å². The Morgan fingerprint density at radius 3 is 2.39 bits per heavy atom. The van der Waals surface area contributed by atoms with E-state index in [4.69, 9.17) is 5.73 Å². The van der Waals surface area contributed by atoms with Gasteiger partial charge in [-0.05, 0) is 17.7 Å². The molecule has 1 heterocycles. The van der Waals surface area contributed by atoms with Gasteiger partial charge in [0.1, 0.15) is 6.54 Å². The molecule has 0 spiro atoms. The molecule has 0 radical (unpaired) electrons. The number of Topliss-reactive ketones (excluding diaryl/α,β-unsaturated/α-hetero) is 1. The van der Waals surface area contributed by atoms with Crippen LogP contribution in [-0.2, 0) is 16.1 Å². The number of hydrogen-bond donors (Lipinski definition) is 2. The lowest BCUT2D eigenvalue weighted by atomic mass is 10.0. The lowest BCUT2D eigenvalue weighted by Gasteiger charge is -2.15. The van der Waals surface area contributed by atoms with Gasteiger partial charge < -0.3 is 11.1 Å². The summed E-state index contributed by atoms with van der Waals surface area (Å²) in [6.45, 7) is -0.0641. The Labute approximate surface area is 159 Å². The maximum absolute atomic E-state index is 12.5. The van der Waals surface area contributed by atoms with Gasteiger partial charge in [-0.1, -0.05) is 37.3 Å². The van der Waals surface area contributed by atoms with Crippen LogP contribution in [0.3, 0.4) is 0 Å². The minimum atomic E-state index is -4.47. The van der Waals surface area contributed by atoms with E-state index in [2.05, 4.69) is 5.32 Å². The Bertz CT molecular complexity index is 908. The number of nitrogens with zero attached hydrogens (tertiary/aromatic N) is 1. The molecule has 3 N–H and O–H groups in total. The fraction of sp³-hybridized carbons (Fsp3) is 0.316. The number of anilines is 1. The number of amides is 1. The van der Waals surface area contributed by atoms with Gasteiger partial charge in [0.05, 0.1) is 23.8 Å². The first-order chi connectivity index (χ1) is 13.1. The molecule has 0 saturated heterocycles. The summed E-state index contributed by atoms with van der Waals surface area (Å²) in [5, 5.41) is 2.26. The molecule has 1 unspecified atom stereocenters. The van der Waals surface area contributed by atoms with Crippen molar-refractivity contribution >= 4 is 17.4 Å². The van der Waals surface area contributed by atoms with Crippen molar-refractivity contribution in [3.8, 4) is 11.3 Å². The van der Waals surface area contributed by atoms with Crippen molar-refractivity contribution in [2.24, 2.45) is 5.92 Å². The third-order valence-corrected chi connectivity index (χ3v) is 4.15. The first-order valence-corrected chi connectivity index (χ1v) is 8.49. The van der Waals surface area contributed by atoms with Crippen molar-refractivity contribution in [3.05, 3.63) is 52.8 Å². The van der Waals surface area contributed by atoms with Crippen LogP contribution in [0.2, 0.25) is 0 Å². The van der Waals surface area contributed by atoms with Crippen LogP contribution < -0.4 is 16.6 Å².